The van der Waals surface area contributed by atoms with E-state index in [2.05, 4.69) is 10.3 Å². The van der Waals surface area contributed by atoms with Crippen LogP contribution < -0.4 is 10.1 Å². The van der Waals surface area contributed by atoms with Crippen molar-refractivity contribution in [3.63, 3.8) is 0 Å². The second-order valence-electron chi connectivity index (χ2n) is 3.64. The second-order valence-corrected chi connectivity index (χ2v) is 4.36. The molecule has 0 spiro atoms. The Hall–Kier alpha value is -1.90. The van der Waals surface area contributed by atoms with Gasteiger partial charge in [-0.15, -0.1) is 11.3 Å². The lowest BCUT2D eigenvalue weighted by Crippen LogP contribution is -2.13. The highest BCUT2D eigenvalue weighted by atomic mass is 32.1. The maximum atomic E-state index is 8.52. The number of rotatable bonds is 6. The Morgan fingerprint density at radius 3 is 3.00 bits per heavy atom. The predicted octanol–water partition coefficient (Wildman–Crippen LogP) is 2.34. The van der Waals surface area contributed by atoms with Crippen molar-refractivity contribution in [1.82, 2.24) is 10.3 Å². The molecule has 5 heteroatoms. The lowest BCUT2D eigenvalue weighted by atomic mass is 10.2. The lowest BCUT2D eigenvalue weighted by Gasteiger charge is -2.09. The van der Waals surface area contributed by atoms with Gasteiger partial charge in [0.1, 0.15) is 11.8 Å². The monoisotopic (exact) mass is 259 g/mol. The normalized spacial score (nSPS) is 9.94. The summed E-state index contributed by atoms with van der Waals surface area (Å²) in [5.74, 6) is 0.754. The van der Waals surface area contributed by atoms with E-state index >= 15 is 0 Å². The van der Waals surface area contributed by atoms with Crippen molar-refractivity contribution < 1.29 is 4.74 Å². The molecule has 0 fully saturated rings. The summed E-state index contributed by atoms with van der Waals surface area (Å²) in [7, 11) is 0. The molecule has 2 rings (SSSR count). The molecule has 2 aromatic rings. The first kappa shape index (κ1) is 12.6. The highest BCUT2D eigenvalue weighted by Gasteiger charge is 2.02. The Balaban J connectivity index is 1.90. The SMILES string of the molecule is N#CCOc1ccccc1CNCc1cscn1. The Morgan fingerprint density at radius 1 is 1.33 bits per heavy atom. The van der Waals surface area contributed by atoms with Gasteiger partial charge in [0.15, 0.2) is 6.61 Å². The molecule has 1 N–H and O–H groups in total. The van der Waals surface area contributed by atoms with Crippen LogP contribution in [0.15, 0.2) is 35.2 Å². The third-order valence-electron chi connectivity index (χ3n) is 2.37. The smallest absolute Gasteiger partial charge is 0.174 e. The number of nitrogens with zero attached hydrogens (tertiary/aromatic N) is 2. The highest BCUT2D eigenvalue weighted by molar-refractivity contribution is 7.07. The van der Waals surface area contributed by atoms with E-state index in [1.165, 1.54) is 0 Å². The zero-order chi connectivity index (χ0) is 12.6. The number of thiazole rings is 1. The molecular formula is C13H13N3OS. The molecule has 0 unspecified atom stereocenters. The number of benzene rings is 1. The standard InChI is InChI=1S/C13H13N3OS/c14-5-6-17-13-4-2-1-3-11(13)7-15-8-12-9-18-10-16-12/h1-4,9-10,15H,6-8H2. The fraction of sp³-hybridized carbons (Fsp3) is 0.231. The summed E-state index contributed by atoms with van der Waals surface area (Å²) >= 11 is 1.59. The molecule has 0 amide bonds. The van der Waals surface area contributed by atoms with Gasteiger partial charge >= 0.3 is 0 Å². The molecule has 1 aromatic carbocycles. The van der Waals surface area contributed by atoms with Gasteiger partial charge < -0.3 is 10.1 Å². The first-order chi connectivity index (χ1) is 8.90. The molecule has 0 aliphatic rings. The van der Waals surface area contributed by atoms with Crippen LogP contribution in [-0.2, 0) is 13.1 Å². The van der Waals surface area contributed by atoms with Crippen LogP contribution in [-0.4, -0.2) is 11.6 Å². The summed E-state index contributed by atoms with van der Waals surface area (Å²) < 4.78 is 5.36. The average molecular weight is 259 g/mol. The van der Waals surface area contributed by atoms with Gasteiger partial charge in [0.2, 0.25) is 0 Å². The Bertz CT molecular complexity index is 519. The van der Waals surface area contributed by atoms with E-state index in [0.29, 0.717) is 6.54 Å². The van der Waals surface area contributed by atoms with Crippen LogP contribution >= 0.6 is 11.3 Å². The first-order valence-corrected chi connectivity index (χ1v) is 6.50. The topological polar surface area (TPSA) is 57.9 Å². The molecular weight excluding hydrogens is 246 g/mol. The number of nitrogens with one attached hydrogen (secondary N) is 1. The van der Waals surface area contributed by atoms with Crippen molar-refractivity contribution in [2.24, 2.45) is 0 Å². The molecule has 0 saturated heterocycles. The second kappa shape index (κ2) is 6.74. The van der Waals surface area contributed by atoms with Gasteiger partial charge in [0, 0.05) is 24.0 Å². The summed E-state index contributed by atoms with van der Waals surface area (Å²) in [6.45, 7) is 1.50. The fourth-order valence-electron chi connectivity index (χ4n) is 1.55. The van der Waals surface area contributed by atoms with Crippen LogP contribution in [0.5, 0.6) is 5.75 Å². The molecule has 0 atom stereocenters. The van der Waals surface area contributed by atoms with Crippen LogP contribution in [0.4, 0.5) is 0 Å². The van der Waals surface area contributed by atoms with Gasteiger partial charge in [-0.3, -0.25) is 0 Å². The molecule has 0 radical (unpaired) electrons. The molecule has 0 aliphatic heterocycles. The number of aromatic nitrogens is 1. The molecule has 18 heavy (non-hydrogen) atoms. The minimum absolute atomic E-state index is 0.0725. The van der Waals surface area contributed by atoms with E-state index in [-0.39, 0.29) is 6.61 Å². The van der Waals surface area contributed by atoms with Gasteiger partial charge in [-0.1, -0.05) is 18.2 Å². The molecule has 1 heterocycles. The summed E-state index contributed by atoms with van der Waals surface area (Å²) in [6.07, 6.45) is 0. The van der Waals surface area contributed by atoms with Crippen molar-refractivity contribution in [1.29, 1.82) is 5.26 Å². The number of nitriles is 1. The summed E-state index contributed by atoms with van der Waals surface area (Å²) in [5, 5.41) is 13.8. The minimum atomic E-state index is 0.0725. The van der Waals surface area contributed by atoms with Crippen molar-refractivity contribution in [3.05, 3.63) is 46.4 Å². The van der Waals surface area contributed by atoms with Crippen LogP contribution in [0.1, 0.15) is 11.3 Å². The third-order valence-corrected chi connectivity index (χ3v) is 3.01. The molecule has 0 aliphatic carbocycles. The van der Waals surface area contributed by atoms with E-state index in [1.807, 2.05) is 41.2 Å². The Morgan fingerprint density at radius 2 is 2.22 bits per heavy atom. The summed E-state index contributed by atoms with van der Waals surface area (Å²) in [6, 6.07) is 9.69. The lowest BCUT2D eigenvalue weighted by molar-refractivity contribution is 0.362. The Labute approximate surface area is 110 Å². The first-order valence-electron chi connectivity index (χ1n) is 5.55. The minimum Gasteiger partial charge on any atom is -0.478 e. The van der Waals surface area contributed by atoms with Crippen molar-refractivity contribution in [3.8, 4) is 11.8 Å². The third kappa shape index (κ3) is 3.55. The highest BCUT2D eigenvalue weighted by Crippen LogP contribution is 2.17. The fourth-order valence-corrected chi connectivity index (χ4v) is 2.11. The van der Waals surface area contributed by atoms with Crippen LogP contribution in [0.2, 0.25) is 0 Å². The van der Waals surface area contributed by atoms with Crippen molar-refractivity contribution in [2.75, 3.05) is 6.61 Å². The number of ether oxygens (including phenoxy) is 1. The van der Waals surface area contributed by atoms with E-state index in [4.69, 9.17) is 10.00 Å². The van der Waals surface area contributed by atoms with Gasteiger partial charge in [-0.05, 0) is 6.07 Å². The van der Waals surface area contributed by atoms with E-state index in [0.717, 1.165) is 23.6 Å². The summed E-state index contributed by atoms with van der Waals surface area (Å²) in [5.41, 5.74) is 3.90. The zero-order valence-corrected chi connectivity index (χ0v) is 10.6. The summed E-state index contributed by atoms with van der Waals surface area (Å²) in [4.78, 5) is 4.20. The Kier molecular flexibility index (Phi) is 4.70. The van der Waals surface area contributed by atoms with Crippen LogP contribution in [0.25, 0.3) is 0 Å². The average Bonchev–Trinajstić information content (AvgIpc) is 2.91. The quantitative estimate of drug-likeness (QED) is 0.865. The van der Waals surface area contributed by atoms with E-state index in [1.54, 1.807) is 11.3 Å². The van der Waals surface area contributed by atoms with E-state index < -0.39 is 0 Å². The van der Waals surface area contributed by atoms with Gasteiger partial charge in [-0.25, -0.2) is 4.98 Å². The van der Waals surface area contributed by atoms with Crippen LogP contribution in [0, 0.1) is 11.3 Å². The van der Waals surface area contributed by atoms with Crippen molar-refractivity contribution >= 4 is 11.3 Å². The van der Waals surface area contributed by atoms with Crippen molar-refractivity contribution in [2.45, 2.75) is 13.1 Å². The van der Waals surface area contributed by atoms with E-state index in [9.17, 15) is 0 Å². The zero-order valence-electron chi connectivity index (χ0n) is 9.80. The van der Waals surface area contributed by atoms with Gasteiger partial charge in [0.05, 0.1) is 11.2 Å². The number of hydrogen-bond acceptors (Lipinski definition) is 5. The largest absolute Gasteiger partial charge is 0.478 e. The van der Waals surface area contributed by atoms with Crippen LogP contribution in [0.3, 0.4) is 0 Å². The maximum absolute atomic E-state index is 8.52. The predicted molar refractivity (Wildman–Crippen MR) is 70.2 cm³/mol. The molecule has 1 aromatic heterocycles. The molecule has 4 nitrogen and oxygen atoms in total. The maximum Gasteiger partial charge on any atom is 0.174 e. The molecule has 0 bridgehead atoms. The molecule has 92 valence electrons. The van der Waals surface area contributed by atoms with Gasteiger partial charge in [0.25, 0.3) is 0 Å². The van der Waals surface area contributed by atoms with Gasteiger partial charge in [-0.2, -0.15) is 5.26 Å². The number of hydrogen-bond donors (Lipinski definition) is 1. The number of para-hydroxylation sites is 1. The molecule has 0 saturated carbocycles.